The zero-order chi connectivity index (χ0) is 19.4. The third-order valence-electron chi connectivity index (χ3n) is 3.66. The predicted octanol–water partition coefficient (Wildman–Crippen LogP) is 4.87. The smallest absolute Gasteiger partial charge is 0.319 e. The molecule has 2 N–H and O–H groups in total. The minimum absolute atomic E-state index is 0.0835. The van der Waals surface area contributed by atoms with E-state index in [1.54, 1.807) is 11.3 Å². The van der Waals surface area contributed by atoms with Gasteiger partial charge in [-0.2, -0.15) is 0 Å². The summed E-state index contributed by atoms with van der Waals surface area (Å²) in [5.74, 6) is 0. The van der Waals surface area contributed by atoms with Crippen LogP contribution in [0.2, 0.25) is 5.02 Å². The maximum Gasteiger partial charge on any atom is 0.319 e. The summed E-state index contributed by atoms with van der Waals surface area (Å²) in [5.41, 5.74) is 2.23. The lowest BCUT2D eigenvalue weighted by molar-refractivity contribution is 0.252. The van der Waals surface area contributed by atoms with Gasteiger partial charge in [-0.1, -0.05) is 44.5 Å². The Morgan fingerprint density at radius 3 is 2.63 bits per heavy atom. The SMILES string of the molecule is CC(C)(C)c1nc(-c2cccc(Cl)c2)c(CNC(=O)Nc2cncnc2)s1. The molecule has 0 aliphatic carbocycles. The second-order valence-electron chi connectivity index (χ2n) is 6.99. The summed E-state index contributed by atoms with van der Waals surface area (Å²) < 4.78 is 0. The lowest BCUT2D eigenvalue weighted by atomic mass is 9.98. The molecule has 0 spiro atoms. The van der Waals surface area contributed by atoms with Gasteiger partial charge in [0.2, 0.25) is 0 Å². The Kier molecular flexibility index (Phi) is 5.72. The quantitative estimate of drug-likeness (QED) is 0.653. The van der Waals surface area contributed by atoms with Crippen molar-refractivity contribution >= 4 is 34.7 Å². The lowest BCUT2D eigenvalue weighted by Crippen LogP contribution is -2.28. The van der Waals surface area contributed by atoms with E-state index in [0.717, 1.165) is 21.1 Å². The second-order valence-corrected chi connectivity index (χ2v) is 8.51. The van der Waals surface area contributed by atoms with Crippen molar-refractivity contribution < 1.29 is 4.79 Å². The van der Waals surface area contributed by atoms with Crippen molar-refractivity contribution in [2.75, 3.05) is 5.32 Å². The molecule has 0 aliphatic heterocycles. The van der Waals surface area contributed by atoms with Crippen LogP contribution in [-0.4, -0.2) is 21.0 Å². The fraction of sp³-hybridized carbons (Fsp3) is 0.263. The number of aromatic nitrogens is 3. The summed E-state index contributed by atoms with van der Waals surface area (Å²) in [6.45, 7) is 6.71. The summed E-state index contributed by atoms with van der Waals surface area (Å²) in [4.78, 5) is 25.7. The molecule has 0 fully saturated rings. The molecule has 2 aromatic heterocycles. The molecule has 3 rings (SSSR count). The highest BCUT2D eigenvalue weighted by Gasteiger charge is 2.22. The number of hydrogen-bond donors (Lipinski definition) is 2. The van der Waals surface area contributed by atoms with Crippen LogP contribution in [0, 0.1) is 0 Å². The Bertz CT molecular complexity index is 937. The third kappa shape index (κ3) is 5.02. The molecule has 27 heavy (non-hydrogen) atoms. The number of halogens is 1. The summed E-state index contributed by atoms with van der Waals surface area (Å²) in [6, 6.07) is 7.25. The van der Waals surface area contributed by atoms with Gasteiger partial charge in [0.1, 0.15) is 6.33 Å². The molecule has 0 bridgehead atoms. The van der Waals surface area contributed by atoms with Gasteiger partial charge in [0, 0.05) is 16.0 Å². The molecule has 2 amide bonds. The van der Waals surface area contributed by atoms with Gasteiger partial charge in [-0.3, -0.25) is 0 Å². The number of nitrogens with zero attached hydrogens (tertiary/aromatic N) is 3. The van der Waals surface area contributed by atoms with Crippen LogP contribution in [0.4, 0.5) is 10.5 Å². The molecule has 6 nitrogen and oxygen atoms in total. The predicted molar refractivity (Wildman–Crippen MR) is 109 cm³/mol. The highest BCUT2D eigenvalue weighted by Crippen LogP contribution is 2.35. The Balaban J connectivity index is 1.81. The molecular weight excluding hydrogens is 382 g/mol. The van der Waals surface area contributed by atoms with Crippen molar-refractivity contribution in [2.24, 2.45) is 0 Å². The summed E-state index contributed by atoms with van der Waals surface area (Å²) in [6.07, 6.45) is 4.48. The molecule has 0 atom stereocenters. The number of carbonyl (C=O) groups is 1. The van der Waals surface area contributed by atoms with Crippen molar-refractivity contribution in [1.82, 2.24) is 20.3 Å². The largest absolute Gasteiger partial charge is 0.333 e. The number of thiazole rings is 1. The van der Waals surface area contributed by atoms with Crippen LogP contribution < -0.4 is 10.6 Å². The van der Waals surface area contributed by atoms with E-state index >= 15 is 0 Å². The number of rotatable bonds is 4. The van der Waals surface area contributed by atoms with Crippen LogP contribution in [0.25, 0.3) is 11.3 Å². The number of carbonyl (C=O) groups excluding carboxylic acids is 1. The average molecular weight is 402 g/mol. The zero-order valence-electron chi connectivity index (χ0n) is 15.3. The first-order valence-electron chi connectivity index (χ1n) is 8.39. The van der Waals surface area contributed by atoms with E-state index in [-0.39, 0.29) is 11.4 Å². The van der Waals surface area contributed by atoms with Crippen LogP contribution in [0.5, 0.6) is 0 Å². The van der Waals surface area contributed by atoms with E-state index in [2.05, 4.69) is 41.4 Å². The number of hydrogen-bond acceptors (Lipinski definition) is 5. The lowest BCUT2D eigenvalue weighted by Gasteiger charge is -2.13. The van der Waals surface area contributed by atoms with Gasteiger partial charge >= 0.3 is 6.03 Å². The molecule has 3 aromatic rings. The normalized spacial score (nSPS) is 11.3. The molecule has 140 valence electrons. The fourth-order valence-corrected chi connectivity index (χ4v) is 3.62. The fourth-order valence-electron chi connectivity index (χ4n) is 2.35. The minimum Gasteiger partial charge on any atom is -0.333 e. The van der Waals surface area contributed by atoms with E-state index < -0.39 is 0 Å². The van der Waals surface area contributed by atoms with E-state index in [1.807, 2.05) is 24.3 Å². The van der Waals surface area contributed by atoms with Gasteiger partial charge in [0.05, 0.1) is 40.2 Å². The van der Waals surface area contributed by atoms with Crippen molar-refractivity contribution in [3.8, 4) is 11.3 Å². The molecule has 0 aliphatic rings. The second kappa shape index (κ2) is 8.02. The van der Waals surface area contributed by atoms with Crippen molar-refractivity contribution in [1.29, 1.82) is 0 Å². The zero-order valence-corrected chi connectivity index (χ0v) is 16.9. The molecule has 0 saturated carbocycles. The summed E-state index contributed by atoms with van der Waals surface area (Å²) in [7, 11) is 0. The number of nitrogens with one attached hydrogen (secondary N) is 2. The van der Waals surface area contributed by atoms with Crippen LogP contribution in [0.3, 0.4) is 0 Å². The highest BCUT2D eigenvalue weighted by atomic mass is 35.5. The summed E-state index contributed by atoms with van der Waals surface area (Å²) in [5, 5.41) is 7.23. The molecular formula is C19H20ClN5OS. The van der Waals surface area contributed by atoms with E-state index in [0.29, 0.717) is 17.3 Å². The summed E-state index contributed by atoms with van der Waals surface area (Å²) >= 11 is 7.74. The van der Waals surface area contributed by atoms with Crippen LogP contribution >= 0.6 is 22.9 Å². The Labute approximate surface area is 167 Å². The molecule has 0 radical (unpaired) electrons. The third-order valence-corrected chi connectivity index (χ3v) is 5.38. The number of amides is 2. The molecule has 0 unspecified atom stereocenters. The number of benzene rings is 1. The highest BCUT2D eigenvalue weighted by molar-refractivity contribution is 7.12. The number of urea groups is 1. The first-order chi connectivity index (χ1) is 12.8. The van der Waals surface area contributed by atoms with Gasteiger partial charge in [-0.05, 0) is 12.1 Å². The topological polar surface area (TPSA) is 79.8 Å². The Hall–Kier alpha value is -2.51. The standard InChI is InChI=1S/C19H20ClN5OS/c1-19(2,3)17-25-16(12-5-4-6-13(20)7-12)15(27-17)10-23-18(26)24-14-8-21-11-22-9-14/h4-9,11H,10H2,1-3H3,(H2,23,24,26). The van der Waals surface area contributed by atoms with Gasteiger partial charge in [0.15, 0.2) is 0 Å². The first kappa shape index (κ1) is 19.3. The van der Waals surface area contributed by atoms with Crippen molar-refractivity contribution in [3.63, 3.8) is 0 Å². The van der Waals surface area contributed by atoms with Crippen LogP contribution in [-0.2, 0) is 12.0 Å². The van der Waals surface area contributed by atoms with Gasteiger partial charge in [-0.15, -0.1) is 11.3 Å². The maximum atomic E-state index is 12.2. The first-order valence-corrected chi connectivity index (χ1v) is 9.58. The molecule has 2 heterocycles. The van der Waals surface area contributed by atoms with E-state index in [4.69, 9.17) is 16.6 Å². The van der Waals surface area contributed by atoms with Gasteiger partial charge in [-0.25, -0.2) is 19.7 Å². The van der Waals surface area contributed by atoms with Crippen molar-refractivity contribution in [2.45, 2.75) is 32.7 Å². The maximum absolute atomic E-state index is 12.2. The average Bonchev–Trinajstić information content (AvgIpc) is 3.05. The van der Waals surface area contributed by atoms with Crippen LogP contribution in [0.1, 0.15) is 30.7 Å². The Morgan fingerprint density at radius 2 is 1.96 bits per heavy atom. The van der Waals surface area contributed by atoms with E-state index in [9.17, 15) is 4.79 Å². The van der Waals surface area contributed by atoms with Crippen molar-refractivity contribution in [3.05, 3.63) is 57.9 Å². The molecule has 1 aromatic carbocycles. The van der Waals surface area contributed by atoms with E-state index in [1.165, 1.54) is 18.7 Å². The molecule has 0 saturated heterocycles. The van der Waals surface area contributed by atoms with Gasteiger partial charge < -0.3 is 10.6 Å². The monoisotopic (exact) mass is 401 g/mol. The minimum atomic E-state index is -0.326. The molecule has 8 heteroatoms. The van der Waals surface area contributed by atoms with Crippen LogP contribution in [0.15, 0.2) is 43.0 Å². The van der Waals surface area contributed by atoms with Gasteiger partial charge in [0.25, 0.3) is 0 Å². The number of anilines is 1. The Morgan fingerprint density at radius 1 is 1.22 bits per heavy atom.